The number of benzene rings is 2. The van der Waals surface area contributed by atoms with Gasteiger partial charge in [-0.15, -0.1) is 0 Å². The maximum Gasteiger partial charge on any atom is 0.123 e. The SMILES string of the molecule is CC(C)OCC(O)CN(Cc1ccccc1)Cc1ccc(F)cc1. The summed E-state index contributed by atoms with van der Waals surface area (Å²) in [6, 6.07) is 16.6. The van der Waals surface area contributed by atoms with Crippen LogP contribution in [-0.2, 0) is 17.8 Å². The van der Waals surface area contributed by atoms with Crippen LogP contribution in [0.15, 0.2) is 54.6 Å². The van der Waals surface area contributed by atoms with Crippen molar-refractivity contribution in [3.05, 3.63) is 71.5 Å². The number of aliphatic hydroxyl groups is 1. The molecule has 0 heterocycles. The molecule has 3 nitrogen and oxygen atoms in total. The van der Waals surface area contributed by atoms with E-state index in [2.05, 4.69) is 17.0 Å². The molecule has 2 aromatic carbocycles. The van der Waals surface area contributed by atoms with E-state index in [1.54, 1.807) is 12.1 Å². The predicted octanol–water partition coefficient (Wildman–Crippen LogP) is 3.61. The Kier molecular flexibility index (Phi) is 7.37. The van der Waals surface area contributed by atoms with Gasteiger partial charge in [0.2, 0.25) is 0 Å². The first-order chi connectivity index (χ1) is 11.5. The summed E-state index contributed by atoms with van der Waals surface area (Å²) in [7, 11) is 0. The zero-order valence-electron chi connectivity index (χ0n) is 14.4. The van der Waals surface area contributed by atoms with Gasteiger partial charge in [-0.3, -0.25) is 4.90 Å². The molecule has 0 aliphatic carbocycles. The second-order valence-corrected chi connectivity index (χ2v) is 6.32. The summed E-state index contributed by atoms with van der Waals surface area (Å²) in [5.41, 5.74) is 2.20. The van der Waals surface area contributed by atoms with E-state index >= 15 is 0 Å². The van der Waals surface area contributed by atoms with Gasteiger partial charge >= 0.3 is 0 Å². The van der Waals surface area contributed by atoms with Crippen LogP contribution in [0.4, 0.5) is 4.39 Å². The fourth-order valence-electron chi connectivity index (χ4n) is 2.53. The van der Waals surface area contributed by atoms with Gasteiger partial charge in [0.05, 0.1) is 18.8 Å². The highest BCUT2D eigenvalue weighted by atomic mass is 19.1. The molecule has 0 aromatic heterocycles. The molecule has 0 fully saturated rings. The van der Waals surface area contributed by atoms with Gasteiger partial charge in [0.25, 0.3) is 0 Å². The Labute approximate surface area is 143 Å². The minimum atomic E-state index is -0.559. The molecule has 0 radical (unpaired) electrons. The van der Waals surface area contributed by atoms with Crippen LogP contribution in [0.25, 0.3) is 0 Å². The van der Waals surface area contributed by atoms with E-state index in [4.69, 9.17) is 4.74 Å². The molecule has 2 rings (SSSR count). The highest BCUT2D eigenvalue weighted by Crippen LogP contribution is 2.12. The van der Waals surface area contributed by atoms with Crippen molar-refractivity contribution >= 4 is 0 Å². The normalized spacial score (nSPS) is 12.8. The number of hydrogen-bond acceptors (Lipinski definition) is 3. The van der Waals surface area contributed by atoms with Crippen molar-refractivity contribution in [3.8, 4) is 0 Å². The van der Waals surface area contributed by atoms with Crippen molar-refractivity contribution in [1.29, 1.82) is 0 Å². The Bertz CT molecular complexity index is 586. The van der Waals surface area contributed by atoms with Crippen LogP contribution >= 0.6 is 0 Å². The average Bonchev–Trinajstić information content (AvgIpc) is 2.56. The number of aliphatic hydroxyl groups excluding tert-OH is 1. The van der Waals surface area contributed by atoms with Gasteiger partial charge in [-0.25, -0.2) is 4.39 Å². The van der Waals surface area contributed by atoms with Crippen molar-refractivity contribution < 1.29 is 14.2 Å². The Morgan fingerprint density at radius 3 is 2.12 bits per heavy atom. The standard InChI is InChI=1S/C20H26FNO2/c1-16(2)24-15-20(23)14-22(12-17-6-4-3-5-7-17)13-18-8-10-19(21)11-9-18/h3-11,16,20,23H,12-15H2,1-2H3. The lowest BCUT2D eigenvalue weighted by molar-refractivity contribution is -0.0106. The van der Waals surface area contributed by atoms with Crippen molar-refractivity contribution in [1.82, 2.24) is 4.90 Å². The maximum atomic E-state index is 13.1. The molecule has 130 valence electrons. The zero-order chi connectivity index (χ0) is 17.4. The van der Waals surface area contributed by atoms with Crippen molar-refractivity contribution in [3.63, 3.8) is 0 Å². The minimum Gasteiger partial charge on any atom is -0.389 e. The van der Waals surface area contributed by atoms with Crippen molar-refractivity contribution in [2.45, 2.75) is 39.1 Å². The van der Waals surface area contributed by atoms with Gasteiger partial charge in [-0.1, -0.05) is 42.5 Å². The number of rotatable bonds is 9. The first-order valence-electron chi connectivity index (χ1n) is 8.33. The topological polar surface area (TPSA) is 32.7 Å². The van der Waals surface area contributed by atoms with Crippen LogP contribution in [0.3, 0.4) is 0 Å². The molecular formula is C20H26FNO2. The van der Waals surface area contributed by atoms with Crippen LogP contribution in [0.1, 0.15) is 25.0 Å². The highest BCUT2D eigenvalue weighted by molar-refractivity contribution is 5.17. The Hall–Kier alpha value is -1.75. The molecule has 0 amide bonds. The zero-order valence-corrected chi connectivity index (χ0v) is 14.4. The second-order valence-electron chi connectivity index (χ2n) is 6.32. The largest absolute Gasteiger partial charge is 0.389 e. The van der Waals surface area contributed by atoms with Crippen LogP contribution in [0.2, 0.25) is 0 Å². The van der Waals surface area contributed by atoms with E-state index < -0.39 is 6.10 Å². The molecule has 1 atom stereocenters. The summed E-state index contributed by atoms with van der Waals surface area (Å²) in [6.07, 6.45) is -0.462. The quantitative estimate of drug-likeness (QED) is 0.762. The molecule has 4 heteroatoms. The van der Waals surface area contributed by atoms with Gasteiger partial charge in [0.15, 0.2) is 0 Å². The van der Waals surface area contributed by atoms with E-state index in [9.17, 15) is 9.50 Å². The van der Waals surface area contributed by atoms with Crippen LogP contribution in [0, 0.1) is 5.82 Å². The molecule has 0 saturated heterocycles. The summed E-state index contributed by atoms with van der Waals surface area (Å²) in [4.78, 5) is 2.15. The molecule has 2 aromatic rings. The van der Waals surface area contributed by atoms with Gasteiger partial charge in [0, 0.05) is 19.6 Å². The smallest absolute Gasteiger partial charge is 0.123 e. The van der Waals surface area contributed by atoms with Gasteiger partial charge in [0.1, 0.15) is 5.82 Å². The monoisotopic (exact) mass is 331 g/mol. The van der Waals surface area contributed by atoms with E-state index in [1.807, 2.05) is 32.0 Å². The van der Waals surface area contributed by atoms with Gasteiger partial charge in [-0.05, 0) is 37.1 Å². The minimum absolute atomic E-state index is 0.0966. The fourth-order valence-corrected chi connectivity index (χ4v) is 2.53. The number of halogens is 1. The van der Waals surface area contributed by atoms with Gasteiger partial charge < -0.3 is 9.84 Å². The summed E-state index contributed by atoms with van der Waals surface area (Å²) in [5.74, 6) is -0.237. The lowest BCUT2D eigenvalue weighted by Gasteiger charge is -2.26. The third-order valence-electron chi connectivity index (χ3n) is 3.66. The lowest BCUT2D eigenvalue weighted by atomic mass is 10.1. The van der Waals surface area contributed by atoms with E-state index in [-0.39, 0.29) is 11.9 Å². The molecule has 1 unspecified atom stereocenters. The Balaban J connectivity index is 2.01. The summed E-state index contributed by atoms with van der Waals surface area (Å²) < 4.78 is 18.6. The summed E-state index contributed by atoms with van der Waals surface area (Å²) in [6.45, 7) is 6.08. The molecule has 0 aliphatic rings. The van der Waals surface area contributed by atoms with Crippen LogP contribution in [-0.4, -0.2) is 35.4 Å². The number of ether oxygens (including phenoxy) is 1. The van der Waals surface area contributed by atoms with E-state index in [0.717, 1.165) is 12.1 Å². The first-order valence-corrected chi connectivity index (χ1v) is 8.33. The Morgan fingerprint density at radius 2 is 1.54 bits per heavy atom. The molecule has 1 N–H and O–H groups in total. The lowest BCUT2D eigenvalue weighted by Crippen LogP contribution is -2.34. The molecule has 0 bridgehead atoms. The van der Waals surface area contributed by atoms with E-state index in [1.165, 1.54) is 17.7 Å². The molecule has 0 saturated carbocycles. The Morgan fingerprint density at radius 1 is 0.958 bits per heavy atom. The van der Waals surface area contributed by atoms with Crippen molar-refractivity contribution in [2.24, 2.45) is 0 Å². The van der Waals surface area contributed by atoms with Crippen molar-refractivity contribution in [2.75, 3.05) is 13.2 Å². The average molecular weight is 331 g/mol. The van der Waals surface area contributed by atoms with Crippen LogP contribution in [0.5, 0.6) is 0 Å². The number of nitrogens with zero attached hydrogens (tertiary/aromatic N) is 1. The molecule has 24 heavy (non-hydrogen) atoms. The number of hydrogen-bond donors (Lipinski definition) is 1. The fraction of sp³-hybridized carbons (Fsp3) is 0.400. The summed E-state index contributed by atoms with van der Waals surface area (Å²) >= 11 is 0. The molecule has 0 aliphatic heterocycles. The van der Waals surface area contributed by atoms with Crippen LogP contribution < -0.4 is 0 Å². The third-order valence-corrected chi connectivity index (χ3v) is 3.66. The first kappa shape index (κ1) is 18.6. The van der Waals surface area contributed by atoms with Gasteiger partial charge in [-0.2, -0.15) is 0 Å². The maximum absolute atomic E-state index is 13.1. The third kappa shape index (κ3) is 6.79. The molecule has 0 spiro atoms. The van der Waals surface area contributed by atoms with E-state index in [0.29, 0.717) is 19.7 Å². The second kappa shape index (κ2) is 9.52. The summed E-state index contributed by atoms with van der Waals surface area (Å²) in [5, 5.41) is 10.2. The molecular weight excluding hydrogens is 305 g/mol. The highest BCUT2D eigenvalue weighted by Gasteiger charge is 2.14. The predicted molar refractivity (Wildman–Crippen MR) is 94.1 cm³/mol.